The van der Waals surface area contributed by atoms with Gasteiger partial charge in [-0.05, 0) is 49.9 Å². The Hall–Kier alpha value is -3.31. The third-order valence-electron chi connectivity index (χ3n) is 4.20. The Labute approximate surface area is 189 Å². The molecule has 1 aromatic carbocycles. The van der Waals surface area contributed by atoms with Crippen molar-refractivity contribution >= 4 is 29.6 Å². The minimum atomic E-state index is -5.08. The van der Waals surface area contributed by atoms with Gasteiger partial charge in [-0.15, -0.1) is 0 Å². The number of benzene rings is 1. The van der Waals surface area contributed by atoms with Crippen LogP contribution in [0.15, 0.2) is 12.1 Å². The number of halogens is 3. The van der Waals surface area contributed by atoms with Crippen molar-refractivity contribution in [3.05, 3.63) is 28.8 Å². The first-order valence-corrected chi connectivity index (χ1v) is 9.86. The van der Waals surface area contributed by atoms with Crippen molar-refractivity contribution in [1.29, 1.82) is 0 Å². The minimum Gasteiger partial charge on any atom is -0.475 e. The normalized spacial score (nSPS) is 11.5. The predicted molar refractivity (Wildman–Crippen MR) is 110 cm³/mol. The van der Waals surface area contributed by atoms with Crippen LogP contribution in [0.2, 0.25) is 0 Å². The highest BCUT2D eigenvalue weighted by Gasteiger charge is 2.38. The van der Waals surface area contributed by atoms with Gasteiger partial charge in [-0.25, -0.2) is 4.79 Å². The van der Waals surface area contributed by atoms with E-state index in [9.17, 15) is 27.6 Å². The van der Waals surface area contributed by atoms with Gasteiger partial charge >= 0.3 is 30.1 Å². The minimum absolute atomic E-state index is 0.0521. The van der Waals surface area contributed by atoms with Gasteiger partial charge in [0.25, 0.3) is 0 Å². The highest BCUT2D eigenvalue weighted by Crippen LogP contribution is 2.25. The van der Waals surface area contributed by atoms with Gasteiger partial charge < -0.3 is 25.1 Å². The Morgan fingerprint density at radius 3 is 2.06 bits per heavy atom. The molecule has 12 heteroatoms. The van der Waals surface area contributed by atoms with Crippen LogP contribution >= 0.6 is 0 Å². The molecule has 0 aliphatic carbocycles. The number of carbonyl (C=O) groups is 4. The second kappa shape index (κ2) is 14.0. The summed E-state index contributed by atoms with van der Waals surface area (Å²) in [5.41, 5.74) is 8.80. The van der Waals surface area contributed by atoms with Gasteiger partial charge in [0, 0.05) is 12.6 Å². The van der Waals surface area contributed by atoms with Gasteiger partial charge in [-0.3, -0.25) is 14.4 Å². The second-order valence-electron chi connectivity index (χ2n) is 6.66. The molecule has 0 aliphatic rings. The maximum atomic E-state index is 12.3. The molecule has 186 valence electrons. The highest BCUT2D eigenvalue weighted by atomic mass is 19.4. The first kappa shape index (κ1) is 29.7. The van der Waals surface area contributed by atoms with E-state index in [1.807, 2.05) is 6.92 Å². The molecule has 0 aromatic heterocycles. The van der Waals surface area contributed by atoms with E-state index in [4.69, 9.17) is 29.8 Å². The summed E-state index contributed by atoms with van der Waals surface area (Å²) in [6.07, 6.45) is -4.90. The lowest BCUT2D eigenvalue weighted by Gasteiger charge is -2.19. The van der Waals surface area contributed by atoms with Gasteiger partial charge in [0.1, 0.15) is 6.61 Å². The number of alkyl halides is 3. The van der Waals surface area contributed by atoms with Gasteiger partial charge in [-0.2, -0.15) is 13.2 Å². The lowest BCUT2D eigenvalue weighted by Crippen LogP contribution is -2.25. The number of aliphatic carboxylic acids is 1. The first-order valence-electron chi connectivity index (χ1n) is 9.86. The summed E-state index contributed by atoms with van der Waals surface area (Å²) < 4.78 is 46.9. The summed E-state index contributed by atoms with van der Waals surface area (Å²) in [4.78, 5) is 44.2. The van der Waals surface area contributed by atoms with E-state index in [1.54, 1.807) is 26.0 Å². The van der Waals surface area contributed by atoms with Gasteiger partial charge in [-0.1, -0.05) is 6.07 Å². The van der Waals surface area contributed by atoms with Gasteiger partial charge in [0.15, 0.2) is 0 Å². The molecule has 3 N–H and O–H groups in total. The average Bonchev–Trinajstić information content (AvgIpc) is 2.69. The summed E-state index contributed by atoms with van der Waals surface area (Å²) in [7, 11) is 0. The molecular formula is C21H28F3NO8. The lowest BCUT2D eigenvalue weighted by molar-refractivity contribution is -0.192. The van der Waals surface area contributed by atoms with E-state index in [1.165, 1.54) is 6.92 Å². The summed E-state index contributed by atoms with van der Waals surface area (Å²) in [6, 6.07) is 3.51. The van der Waals surface area contributed by atoms with E-state index in [0.717, 1.165) is 16.7 Å². The van der Waals surface area contributed by atoms with Crippen LogP contribution in [0.4, 0.5) is 18.9 Å². The second-order valence-corrected chi connectivity index (χ2v) is 6.66. The molecular weight excluding hydrogens is 451 g/mol. The molecule has 0 aliphatic heterocycles. The number of carbonyl (C=O) groups excluding carboxylic acids is 3. The molecule has 0 spiro atoms. The number of nitrogen functional groups attached to an aromatic ring is 1. The molecule has 0 unspecified atom stereocenters. The number of anilines is 1. The number of ether oxygens (including phenoxy) is 3. The number of carboxylic acids is 1. The zero-order chi connectivity index (χ0) is 25.8. The number of esters is 3. The van der Waals surface area contributed by atoms with E-state index in [0.29, 0.717) is 5.69 Å². The summed E-state index contributed by atoms with van der Waals surface area (Å²) >= 11 is 0. The van der Waals surface area contributed by atoms with Crippen LogP contribution in [-0.2, 0) is 46.4 Å². The maximum absolute atomic E-state index is 12.3. The van der Waals surface area contributed by atoms with Crippen LogP contribution in [0.1, 0.15) is 43.9 Å². The predicted octanol–water partition coefficient (Wildman–Crippen LogP) is 2.95. The van der Waals surface area contributed by atoms with Crippen LogP contribution in [0.5, 0.6) is 0 Å². The number of carboxylic acid groups (broad SMARTS) is 1. The molecule has 0 bridgehead atoms. The Balaban J connectivity index is 0.00000126. The molecule has 0 saturated carbocycles. The maximum Gasteiger partial charge on any atom is 0.490 e. The van der Waals surface area contributed by atoms with Crippen molar-refractivity contribution in [2.24, 2.45) is 5.92 Å². The standard InChI is InChI=1S/C19H27NO6.C2HF3O2/c1-5-24-18(22)10-15(19(23)25-6-2)9-14-7-8-17(20)12(3)16(14)11-26-13(4)21;3-2(4,5)1(6)7/h7-8,15H,5-6,9-11,20H2,1-4H3;(H,6,7)/t15-;/m0./s1. The van der Waals surface area contributed by atoms with Crippen molar-refractivity contribution < 1.29 is 51.7 Å². The van der Waals surface area contributed by atoms with Crippen molar-refractivity contribution in [2.75, 3.05) is 18.9 Å². The number of hydrogen-bond acceptors (Lipinski definition) is 8. The Kier molecular flexibility index (Phi) is 12.6. The van der Waals surface area contributed by atoms with Crippen molar-refractivity contribution in [2.45, 2.75) is 53.3 Å². The number of hydrogen-bond donors (Lipinski definition) is 2. The zero-order valence-corrected chi connectivity index (χ0v) is 18.8. The summed E-state index contributed by atoms with van der Waals surface area (Å²) in [5.74, 6) is -4.78. The molecule has 33 heavy (non-hydrogen) atoms. The topological polar surface area (TPSA) is 142 Å². The largest absolute Gasteiger partial charge is 0.490 e. The summed E-state index contributed by atoms with van der Waals surface area (Å²) in [6.45, 7) is 7.07. The monoisotopic (exact) mass is 479 g/mol. The molecule has 0 amide bonds. The smallest absolute Gasteiger partial charge is 0.475 e. The van der Waals surface area contributed by atoms with Crippen molar-refractivity contribution in [1.82, 2.24) is 0 Å². The van der Waals surface area contributed by atoms with Crippen LogP contribution < -0.4 is 5.73 Å². The molecule has 1 atom stereocenters. The third kappa shape index (κ3) is 11.2. The highest BCUT2D eigenvalue weighted by molar-refractivity contribution is 5.80. The third-order valence-corrected chi connectivity index (χ3v) is 4.20. The van der Waals surface area contributed by atoms with Gasteiger partial charge in [0.2, 0.25) is 0 Å². The lowest BCUT2D eigenvalue weighted by atomic mass is 9.91. The Morgan fingerprint density at radius 2 is 1.61 bits per heavy atom. The van der Waals surface area contributed by atoms with Gasteiger partial charge in [0.05, 0.1) is 25.6 Å². The van der Waals surface area contributed by atoms with Crippen molar-refractivity contribution in [3.63, 3.8) is 0 Å². The van der Waals surface area contributed by atoms with Crippen LogP contribution in [0.25, 0.3) is 0 Å². The number of nitrogens with two attached hydrogens (primary N) is 1. The van der Waals surface area contributed by atoms with E-state index >= 15 is 0 Å². The van der Waals surface area contributed by atoms with Crippen molar-refractivity contribution in [3.8, 4) is 0 Å². The number of rotatable bonds is 9. The van der Waals surface area contributed by atoms with E-state index in [2.05, 4.69) is 0 Å². The molecule has 0 saturated heterocycles. The average molecular weight is 479 g/mol. The fourth-order valence-corrected chi connectivity index (χ4v) is 2.58. The first-order chi connectivity index (χ1) is 15.2. The Morgan fingerprint density at radius 1 is 1.06 bits per heavy atom. The molecule has 0 fully saturated rings. The molecule has 0 heterocycles. The fourth-order valence-electron chi connectivity index (χ4n) is 2.58. The van der Waals surface area contributed by atoms with E-state index < -0.39 is 36.0 Å². The van der Waals surface area contributed by atoms with Crippen LogP contribution in [0.3, 0.4) is 0 Å². The quantitative estimate of drug-likeness (QED) is 0.310. The zero-order valence-electron chi connectivity index (χ0n) is 18.8. The molecule has 1 aromatic rings. The SMILES string of the molecule is CCOC(=O)C[C@H](Cc1ccc(N)c(C)c1COC(C)=O)C(=O)OCC.O=C(O)C(F)(F)F. The summed E-state index contributed by atoms with van der Waals surface area (Å²) in [5, 5.41) is 7.12. The molecule has 1 rings (SSSR count). The Bertz CT molecular complexity index is 840. The molecule has 9 nitrogen and oxygen atoms in total. The van der Waals surface area contributed by atoms with Crippen LogP contribution in [0, 0.1) is 12.8 Å². The fraction of sp³-hybridized carbons (Fsp3) is 0.524. The molecule has 0 radical (unpaired) electrons. The van der Waals surface area contributed by atoms with Crippen LogP contribution in [-0.4, -0.2) is 48.4 Å². The van der Waals surface area contributed by atoms with E-state index in [-0.39, 0.29) is 32.7 Å².